The van der Waals surface area contributed by atoms with Gasteiger partial charge in [-0.2, -0.15) is 5.26 Å². The summed E-state index contributed by atoms with van der Waals surface area (Å²) >= 11 is 2.92. The monoisotopic (exact) mass is 408 g/mol. The second kappa shape index (κ2) is 6.72. The summed E-state index contributed by atoms with van der Waals surface area (Å²) in [6.45, 7) is 0. The minimum atomic E-state index is -0.0628. The van der Waals surface area contributed by atoms with Crippen molar-refractivity contribution in [2.24, 2.45) is 7.05 Å². The number of pyridine rings is 1. The molecule has 0 N–H and O–H groups in total. The molecular weight excluding hydrogens is 392 g/mol. The van der Waals surface area contributed by atoms with Crippen molar-refractivity contribution in [3.63, 3.8) is 0 Å². The van der Waals surface area contributed by atoms with Gasteiger partial charge in [-0.05, 0) is 48.8 Å². The highest BCUT2D eigenvalue weighted by molar-refractivity contribution is 7.98. The van der Waals surface area contributed by atoms with Crippen molar-refractivity contribution in [1.82, 2.24) is 24.1 Å². The van der Waals surface area contributed by atoms with Crippen LogP contribution in [0.15, 0.2) is 27.3 Å². The molecule has 5 rings (SSSR count). The molecule has 0 fully saturated rings. The van der Waals surface area contributed by atoms with Crippen molar-refractivity contribution in [3.05, 3.63) is 50.5 Å². The molecule has 4 aromatic heterocycles. The van der Waals surface area contributed by atoms with Gasteiger partial charge in [0.1, 0.15) is 21.6 Å². The van der Waals surface area contributed by atoms with Crippen LogP contribution in [-0.4, -0.2) is 24.1 Å². The summed E-state index contributed by atoms with van der Waals surface area (Å²) in [5.41, 5.74) is 3.69. The van der Waals surface area contributed by atoms with E-state index in [0.717, 1.165) is 47.7 Å². The number of nitriles is 1. The highest BCUT2D eigenvalue weighted by Crippen LogP contribution is 2.29. The highest BCUT2D eigenvalue weighted by Gasteiger charge is 2.18. The number of aromatic nitrogens is 5. The average Bonchev–Trinajstić information content (AvgIpc) is 3.36. The second-order valence-corrected chi connectivity index (χ2v) is 8.69. The first kappa shape index (κ1) is 17.4. The Balaban J connectivity index is 1.56. The third kappa shape index (κ3) is 2.64. The number of nitrogens with zero attached hydrogens (tertiary/aromatic N) is 6. The van der Waals surface area contributed by atoms with Crippen molar-refractivity contribution in [3.8, 4) is 6.07 Å². The molecule has 28 heavy (non-hydrogen) atoms. The summed E-state index contributed by atoms with van der Waals surface area (Å²) in [6.07, 6.45) is 4.28. The average molecular weight is 409 g/mol. The van der Waals surface area contributed by atoms with Crippen LogP contribution in [0.5, 0.6) is 0 Å². The number of fused-ring (bicyclic) bond motifs is 4. The zero-order valence-electron chi connectivity index (χ0n) is 15.2. The molecule has 0 saturated heterocycles. The SMILES string of the molecule is Cn1c(=O)c2sccc2n2c(CSc3nc4c(cc3C#N)CCCC4)nnc12. The molecule has 0 bridgehead atoms. The van der Waals surface area contributed by atoms with Gasteiger partial charge in [0, 0.05) is 12.7 Å². The van der Waals surface area contributed by atoms with Crippen LogP contribution in [0.4, 0.5) is 0 Å². The summed E-state index contributed by atoms with van der Waals surface area (Å²) in [4.78, 5) is 17.2. The fourth-order valence-electron chi connectivity index (χ4n) is 3.68. The number of thiophene rings is 1. The predicted molar refractivity (Wildman–Crippen MR) is 109 cm³/mol. The van der Waals surface area contributed by atoms with Crippen LogP contribution in [0.3, 0.4) is 0 Å². The molecule has 140 valence electrons. The molecule has 0 aliphatic heterocycles. The smallest absolute Gasteiger partial charge is 0.272 e. The predicted octanol–water partition coefficient (Wildman–Crippen LogP) is 3.08. The summed E-state index contributed by atoms with van der Waals surface area (Å²) in [7, 11) is 1.71. The zero-order valence-corrected chi connectivity index (χ0v) is 16.8. The molecule has 0 spiro atoms. The molecule has 1 aliphatic carbocycles. The molecule has 0 radical (unpaired) electrons. The zero-order chi connectivity index (χ0) is 19.3. The van der Waals surface area contributed by atoms with E-state index >= 15 is 0 Å². The van der Waals surface area contributed by atoms with Gasteiger partial charge in [-0.3, -0.25) is 13.8 Å². The minimum absolute atomic E-state index is 0.0628. The van der Waals surface area contributed by atoms with E-state index in [0.29, 0.717) is 21.8 Å². The number of aryl methyl sites for hydroxylation is 3. The molecule has 0 unspecified atom stereocenters. The van der Waals surface area contributed by atoms with Gasteiger partial charge < -0.3 is 0 Å². The quantitative estimate of drug-likeness (QED) is 0.484. The van der Waals surface area contributed by atoms with Crippen molar-refractivity contribution < 1.29 is 0 Å². The first-order valence-electron chi connectivity index (χ1n) is 9.03. The second-order valence-electron chi connectivity index (χ2n) is 6.81. The molecule has 4 heterocycles. The third-order valence-corrected chi connectivity index (χ3v) is 7.00. The molecule has 0 atom stereocenters. The fraction of sp³-hybridized carbons (Fsp3) is 0.316. The molecule has 1 aliphatic rings. The van der Waals surface area contributed by atoms with E-state index in [2.05, 4.69) is 16.3 Å². The van der Waals surface area contributed by atoms with Gasteiger partial charge in [0.05, 0.1) is 16.8 Å². The van der Waals surface area contributed by atoms with Crippen LogP contribution < -0.4 is 5.56 Å². The highest BCUT2D eigenvalue weighted by atomic mass is 32.2. The van der Waals surface area contributed by atoms with Gasteiger partial charge in [-0.1, -0.05) is 11.8 Å². The normalized spacial score (nSPS) is 13.7. The van der Waals surface area contributed by atoms with Gasteiger partial charge in [0.15, 0.2) is 0 Å². The van der Waals surface area contributed by atoms with Crippen LogP contribution in [0, 0.1) is 11.3 Å². The van der Waals surface area contributed by atoms with Crippen LogP contribution in [-0.2, 0) is 25.6 Å². The summed E-state index contributed by atoms with van der Waals surface area (Å²) in [5, 5.41) is 20.7. The van der Waals surface area contributed by atoms with Crippen LogP contribution in [0.2, 0.25) is 0 Å². The van der Waals surface area contributed by atoms with E-state index in [-0.39, 0.29) is 5.56 Å². The lowest BCUT2D eigenvalue weighted by Crippen LogP contribution is -2.19. The maximum atomic E-state index is 12.5. The standard InChI is InChI=1S/C19H16N6OS2/c1-24-18(26)16-14(6-7-27-16)25-15(22-23-19(24)25)10-28-17-12(9-20)8-11-4-2-3-5-13(11)21-17/h6-8H,2-5,10H2,1H3. The number of thioether (sulfide) groups is 1. The summed E-state index contributed by atoms with van der Waals surface area (Å²) < 4.78 is 4.13. The topological polar surface area (TPSA) is 88.9 Å². The Morgan fingerprint density at radius 3 is 3.04 bits per heavy atom. The van der Waals surface area contributed by atoms with Crippen molar-refractivity contribution in [2.75, 3.05) is 0 Å². The molecule has 4 aromatic rings. The molecule has 0 amide bonds. The van der Waals surface area contributed by atoms with Crippen molar-refractivity contribution >= 4 is 39.1 Å². The Labute approximate surface area is 168 Å². The summed E-state index contributed by atoms with van der Waals surface area (Å²) in [5.74, 6) is 1.78. The Bertz CT molecular complexity index is 1330. The van der Waals surface area contributed by atoms with Crippen molar-refractivity contribution in [1.29, 1.82) is 5.26 Å². The number of hydrogen-bond donors (Lipinski definition) is 0. The van der Waals surface area contributed by atoms with Crippen LogP contribution in [0.1, 0.15) is 35.5 Å². The third-order valence-electron chi connectivity index (χ3n) is 5.12. The Morgan fingerprint density at radius 2 is 2.18 bits per heavy atom. The molecule has 0 aromatic carbocycles. The molecule has 7 nitrogen and oxygen atoms in total. The van der Waals surface area contributed by atoms with Crippen molar-refractivity contribution in [2.45, 2.75) is 36.5 Å². The number of rotatable bonds is 3. The van der Waals surface area contributed by atoms with E-state index in [1.165, 1.54) is 33.2 Å². The van der Waals surface area contributed by atoms with E-state index in [4.69, 9.17) is 4.98 Å². The van der Waals surface area contributed by atoms with Crippen LogP contribution in [0.25, 0.3) is 16.0 Å². The maximum absolute atomic E-state index is 12.5. The van der Waals surface area contributed by atoms with Gasteiger partial charge >= 0.3 is 0 Å². The maximum Gasteiger partial charge on any atom is 0.272 e. The Kier molecular flexibility index (Phi) is 4.18. The Morgan fingerprint density at radius 1 is 1.32 bits per heavy atom. The van der Waals surface area contributed by atoms with E-state index in [1.54, 1.807) is 7.05 Å². The van der Waals surface area contributed by atoms with Crippen LogP contribution >= 0.6 is 23.1 Å². The largest absolute Gasteiger partial charge is 0.279 e. The lowest BCUT2D eigenvalue weighted by Gasteiger charge is -2.16. The fourth-order valence-corrected chi connectivity index (χ4v) is 5.42. The van der Waals surface area contributed by atoms with E-state index in [9.17, 15) is 10.1 Å². The molecule has 9 heteroatoms. The van der Waals surface area contributed by atoms with E-state index < -0.39 is 0 Å². The molecule has 0 saturated carbocycles. The Hall–Kier alpha value is -2.70. The number of hydrogen-bond acceptors (Lipinski definition) is 7. The van der Waals surface area contributed by atoms with Gasteiger partial charge in [0.2, 0.25) is 5.78 Å². The molecular formula is C19H16N6OS2. The van der Waals surface area contributed by atoms with E-state index in [1.807, 2.05) is 21.9 Å². The van der Waals surface area contributed by atoms with Gasteiger partial charge in [-0.15, -0.1) is 21.5 Å². The lowest BCUT2D eigenvalue weighted by molar-refractivity contribution is 0.660. The first-order valence-corrected chi connectivity index (χ1v) is 10.9. The van der Waals surface area contributed by atoms with Gasteiger partial charge in [0.25, 0.3) is 5.56 Å². The first-order chi connectivity index (χ1) is 13.7. The minimum Gasteiger partial charge on any atom is -0.279 e. The lowest BCUT2D eigenvalue weighted by atomic mass is 9.95. The summed E-state index contributed by atoms with van der Waals surface area (Å²) in [6, 6.07) is 6.20. The van der Waals surface area contributed by atoms with Gasteiger partial charge in [-0.25, -0.2) is 4.98 Å².